The van der Waals surface area contributed by atoms with Gasteiger partial charge in [-0.1, -0.05) is 127 Å². The van der Waals surface area contributed by atoms with E-state index in [0.717, 1.165) is 55.4 Å². The van der Waals surface area contributed by atoms with Crippen LogP contribution in [0.5, 0.6) is 0 Å². The fourth-order valence-electron chi connectivity index (χ4n) is 7.12. The molecule has 234 valence electrons. The second-order valence-corrected chi connectivity index (χ2v) is 12.4. The van der Waals surface area contributed by atoms with Crippen molar-refractivity contribution < 1.29 is 4.42 Å². The number of nitrogens with zero attached hydrogens (tertiary/aromatic N) is 4. The molecule has 0 N–H and O–H groups in total. The van der Waals surface area contributed by atoms with Gasteiger partial charge in [0.15, 0.2) is 17.5 Å². The van der Waals surface area contributed by atoms with Crippen molar-refractivity contribution in [2.45, 2.75) is 0 Å². The van der Waals surface area contributed by atoms with Gasteiger partial charge >= 0.3 is 0 Å². The molecular weight excluding hydrogens is 613 g/mol. The number of aromatic nitrogens is 4. The Morgan fingerprint density at radius 2 is 0.820 bits per heavy atom. The van der Waals surface area contributed by atoms with Crippen LogP contribution in [0.2, 0.25) is 0 Å². The predicted molar refractivity (Wildman–Crippen MR) is 203 cm³/mol. The van der Waals surface area contributed by atoms with E-state index in [1.807, 2.05) is 66.7 Å². The van der Waals surface area contributed by atoms with Crippen LogP contribution in [0.15, 0.2) is 174 Å². The van der Waals surface area contributed by atoms with Gasteiger partial charge in [-0.05, 0) is 48.0 Å². The molecule has 0 bridgehead atoms. The average molecular weight is 641 g/mol. The number of benzene rings is 7. The van der Waals surface area contributed by atoms with Crippen LogP contribution in [0, 0.1) is 0 Å². The molecule has 7 aromatic carbocycles. The summed E-state index contributed by atoms with van der Waals surface area (Å²) in [5, 5.41) is 4.60. The number of hydrogen-bond donors (Lipinski definition) is 0. The van der Waals surface area contributed by atoms with Crippen molar-refractivity contribution >= 4 is 43.7 Å². The molecule has 0 saturated heterocycles. The Labute approximate surface area is 287 Å². The predicted octanol–water partition coefficient (Wildman–Crippen LogP) is 11.5. The van der Waals surface area contributed by atoms with Gasteiger partial charge in [-0.15, -0.1) is 0 Å². The molecule has 3 heterocycles. The summed E-state index contributed by atoms with van der Waals surface area (Å²) in [6.45, 7) is 0. The van der Waals surface area contributed by atoms with Crippen molar-refractivity contribution in [2.24, 2.45) is 0 Å². The van der Waals surface area contributed by atoms with Crippen LogP contribution in [0.3, 0.4) is 0 Å². The molecule has 0 unspecified atom stereocenters. The minimum atomic E-state index is 0.598. The lowest BCUT2D eigenvalue weighted by Crippen LogP contribution is -2.00. The Hall–Kier alpha value is -6.85. The summed E-state index contributed by atoms with van der Waals surface area (Å²) in [6, 6.07) is 58.6. The molecule has 0 aliphatic carbocycles. The van der Waals surface area contributed by atoms with E-state index >= 15 is 0 Å². The van der Waals surface area contributed by atoms with E-state index < -0.39 is 0 Å². The monoisotopic (exact) mass is 640 g/mol. The standard InChI is InChI=1S/C45H28N4O/c1-3-13-29(14-4-1)43-46-44(30-15-5-2-6-16-30)48-45(47-43)32-24-26-37-36-25-23-31(27-41(36)50-42(37)28-32)33-17-7-10-20-38(33)49-39-21-11-8-18-34(39)35-19-9-12-22-40(35)49/h1-28H. The minimum Gasteiger partial charge on any atom is -0.456 e. The molecule has 0 fully saturated rings. The Morgan fingerprint density at radius 1 is 0.360 bits per heavy atom. The lowest BCUT2D eigenvalue weighted by Gasteiger charge is -2.14. The van der Waals surface area contributed by atoms with Gasteiger partial charge in [0.05, 0.1) is 16.7 Å². The summed E-state index contributed by atoms with van der Waals surface area (Å²) in [5.74, 6) is 1.86. The van der Waals surface area contributed by atoms with Crippen LogP contribution in [0.25, 0.3) is 94.7 Å². The molecular formula is C45H28N4O. The first-order valence-electron chi connectivity index (χ1n) is 16.7. The normalized spacial score (nSPS) is 11.6. The summed E-state index contributed by atoms with van der Waals surface area (Å²) in [5.41, 5.74) is 10.1. The van der Waals surface area contributed by atoms with Crippen molar-refractivity contribution in [3.05, 3.63) is 170 Å². The molecule has 0 aliphatic rings. The first-order valence-corrected chi connectivity index (χ1v) is 16.7. The molecule has 10 aromatic rings. The zero-order chi connectivity index (χ0) is 33.0. The summed E-state index contributed by atoms with van der Waals surface area (Å²) in [7, 11) is 0. The van der Waals surface area contributed by atoms with Crippen LogP contribution in [-0.4, -0.2) is 19.5 Å². The van der Waals surface area contributed by atoms with Gasteiger partial charge in [0.25, 0.3) is 0 Å². The van der Waals surface area contributed by atoms with Crippen molar-refractivity contribution in [1.82, 2.24) is 19.5 Å². The number of hydrogen-bond acceptors (Lipinski definition) is 4. The lowest BCUT2D eigenvalue weighted by atomic mass is 10.0. The third-order valence-electron chi connectivity index (χ3n) is 9.47. The molecule has 50 heavy (non-hydrogen) atoms. The maximum absolute atomic E-state index is 6.60. The fourth-order valence-corrected chi connectivity index (χ4v) is 7.12. The Bertz CT molecular complexity index is 2760. The van der Waals surface area contributed by atoms with Gasteiger partial charge in [0.1, 0.15) is 11.2 Å². The van der Waals surface area contributed by atoms with E-state index in [0.29, 0.717) is 17.5 Å². The van der Waals surface area contributed by atoms with E-state index in [9.17, 15) is 0 Å². The molecule has 0 atom stereocenters. The summed E-state index contributed by atoms with van der Waals surface area (Å²) in [6.07, 6.45) is 0. The molecule has 10 rings (SSSR count). The lowest BCUT2D eigenvalue weighted by molar-refractivity contribution is 0.669. The molecule has 0 radical (unpaired) electrons. The van der Waals surface area contributed by atoms with Crippen molar-refractivity contribution in [1.29, 1.82) is 0 Å². The molecule has 0 saturated carbocycles. The quantitative estimate of drug-likeness (QED) is 0.188. The SMILES string of the molecule is c1ccc(-c2nc(-c3ccccc3)nc(-c3ccc4c(c3)oc3cc(-c5ccccc5-n5c6ccccc6c6ccccc65)ccc34)n2)cc1. The largest absolute Gasteiger partial charge is 0.456 e. The first-order chi connectivity index (χ1) is 24.8. The van der Waals surface area contributed by atoms with E-state index in [-0.39, 0.29) is 0 Å². The van der Waals surface area contributed by atoms with Gasteiger partial charge < -0.3 is 8.98 Å². The molecule has 3 aromatic heterocycles. The van der Waals surface area contributed by atoms with E-state index in [4.69, 9.17) is 19.4 Å². The van der Waals surface area contributed by atoms with Crippen LogP contribution < -0.4 is 0 Å². The van der Waals surface area contributed by atoms with E-state index in [1.165, 1.54) is 21.8 Å². The molecule has 5 heteroatoms. The molecule has 0 aliphatic heterocycles. The number of fused-ring (bicyclic) bond motifs is 6. The number of furan rings is 1. The highest BCUT2D eigenvalue weighted by molar-refractivity contribution is 6.10. The molecule has 5 nitrogen and oxygen atoms in total. The third-order valence-corrected chi connectivity index (χ3v) is 9.47. The van der Waals surface area contributed by atoms with Crippen molar-refractivity contribution in [3.63, 3.8) is 0 Å². The zero-order valence-electron chi connectivity index (χ0n) is 26.9. The van der Waals surface area contributed by atoms with E-state index in [1.54, 1.807) is 0 Å². The summed E-state index contributed by atoms with van der Waals surface area (Å²) in [4.78, 5) is 14.7. The molecule has 0 spiro atoms. The van der Waals surface area contributed by atoms with Gasteiger partial charge in [0.2, 0.25) is 0 Å². The van der Waals surface area contributed by atoms with Gasteiger partial charge in [-0.2, -0.15) is 0 Å². The second kappa shape index (κ2) is 11.4. The Kier molecular flexibility index (Phi) is 6.42. The smallest absolute Gasteiger partial charge is 0.164 e. The number of para-hydroxylation sites is 3. The zero-order valence-corrected chi connectivity index (χ0v) is 26.9. The van der Waals surface area contributed by atoms with Crippen molar-refractivity contribution in [2.75, 3.05) is 0 Å². The van der Waals surface area contributed by atoms with Gasteiger partial charge in [-0.3, -0.25) is 0 Å². The molecule has 0 amide bonds. The minimum absolute atomic E-state index is 0.598. The van der Waals surface area contributed by atoms with Crippen LogP contribution in [0.4, 0.5) is 0 Å². The highest BCUT2D eigenvalue weighted by Gasteiger charge is 2.18. The van der Waals surface area contributed by atoms with Gasteiger partial charge in [-0.25, -0.2) is 15.0 Å². The van der Waals surface area contributed by atoms with Gasteiger partial charge in [0, 0.05) is 43.8 Å². The van der Waals surface area contributed by atoms with E-state index in [2.05, 4.69) is 108 Å². The third kappa shape index (κ3) is 4.60. The maximum Gasteiger partial charge on any atom is 0.164 e. The maximum atomic E-state index is 6.60. The van der Waals surface area contributed by atoms with Crippen LogP contribution in [0.1, 0.15) is 0 Å². The average Bonchev–Trinajstić information content (AvgIpc) is 3.73. The topological polar surface area (TPSA) is 56.7 Å². The number of rotatable bonds is 5. The first kappa shape index (κ1) is 28.2. The highest BCUT2D eigenvalue weighted by atomic mass is 16.3. The van der Waals surface area contributed by atoms with Crippen molar-refractivity contribution in [3.8, 4) is 51.0 Å². The summed E-state index contributed by atoms with van der Waals surface area (Å²) < 4.78 is 8.97. The Balaban J connectivity index is 1.10. The fraction of sp³-hybridized carbons (Fsp3) is 0. The highest BCUT2D eigenvalue weighted by Crippen LogP contribution is 2.39. The van der Waals surface area contributed by atoms with Crippen LogP contribution >= 0.6 is 0 Å². The second-order valence-electron chi connectivity index (χ2n) is 12.4. The summed E-state index contributed by atoms with van der Waals surface area (Å²) >= 11 is 0. The van der Waals surface area contributed by atoms with Crippen LogP contribution in [-0.2, 0) is 0 Å². The Morgan fingerprint density at radius 3 is 1.42 bits per heavy atom.